The minimum atomic E-state index is 0.101. The minimum absolute atomic E-state index is 0.101. The Kier molecular flexibility index (Phi) is 4.46. The molecular weight excluding hydrogens is 274 g/mol. The number of hydrogen-bond acceptors (Lipinski definition) is 2. The normalized spacial score (nSPS) is 16.6. The van der Waals surface area contributed by atoms with Gasteiger partial charge in [0.05, 0.1) is 17.4 Å². The largest absolute Gasteiger partial charge is 0.352 e. The molecule has 0 aliphatic heterocycles. The molecule has 1 aliphatic rings. The number of aryl methyl sites for hydroxylation is 2. The predicted molar refractivity (Wildman–Crippen MR) is 88.8 cm³/mol. The molecule has 0 atom stereocenters. The van der Waals surface area contributed by atoms with Crippen LogP contribution in [0.5, 0.6) is 0 Å². The van der Waals surface area contributed by atoms with Crippen LogP contribution in [0.2, 0.25) is 0 Å². The summed E-state index contributed by atoms with van der Waals surface area (Å²) in [5, 5.41) is 3.20. The summed E-state index contributed by atoms with van der Waals surface area (Å²) in [6.45, 7) is 4.54. The van der Waals surface area contributed by atoms with Crippen molar-refractivity contribution < 1.29 is 4.79 Å². The van der Waals surface area contributed by atoms with Gasteiger partial charge in [0.1, 0.15) is 6.54 Å². The number of nitrogens with one attached hydrogen (secondary N) is 1. The Bertz CT molecular complexity index is 666. The molecule has 1 N–H and O–H groups in total. The smallest absolute Gasteiger partial charge is 0.240 e. The second kappa shape index (κ2) is 6.51. The Labute approximate surface area is 131 Å². The lowest BCUT2D eigenvalue weighted by Crippen LogP contribution is -2.36. The van der Waals surface area contributed by atoms with Crippen LogP contribution >= 0.6 is 0 Å². The molecule has 0 bridgehead atoms. The first-order valence-corrected chi connectivity index (χ1v) is 8.35. The Morgan fingerprint density at radius 2 is 1.86 bits per heavy atom. The third-order valence-corrected chi connectivity index (χ3v) is 4.77. The van der Waals surface area contributed by atoms with Gasteiger partial charge in [-0.1, -0.05) is 25.7 Å². The quantitative estimate of drug-likeness (QED) is 0.882. The average molecular weight is 299 g/mol. The molecule has 1 aromatic heterocycles. The molecule has 4 heteroatoms. The van der Waals surface area contributed by atoms with E-state index in [9.17, 15) is 4.79 Å². The first-order chi connectivity index (χ1) is 10.6. The van der Waals surface area contributed by atoms with E-state index in [0.29, 0.717) is 12.6 Å². The molecule has 2 aromatic rings. The lowest BCUT2D eigenvalue weighted by Gasteiger charge is -2.16. The topological polar surface area (TPSA) is 46.9 Å². The number of aromatic nitrogens is 2. The molecule has 1 aliphatic carbocycles. The van der Waals surface area contributed by atoms with Crippen molar-refractivity contribution in [2.45, 2.75) is 65.0 Å². The van der Waals surface area contributed by atoms with Gasteiger partial charge in [0.25, 0.3) is 0 Å². The van der Waals surface area contributed by atoms with Crippen LogP contribution in [0, 0.1) is 13.8 Å². The summed E-state index contributed by atoms with van der Waals surface area (Å²) in [5.74, 6) is 0.101. The Balaban J connectivity index is 1.69. The number of hydrogen-bond donors (Lipinski definition) is 1. The fourth-order valence-electron chi connectivity index (χ4n) is 3.29. The number of amides is 1. The highest BCUT2D eigenvalue weighted by molar-refractivity contribution is 5.81. The van der Waals surface area contributed by atoms with Crippen LogP contribution in [0.1, 0.15) is 49.7 Å². The molecule has 1 saturated carbocycles. The molecule has 118 valence electrons. The molecule has 0 unspecified atom stereocenters. The molecule has 1 fully saturated rings. The SMILES string of the molecule is Cc1cc2ncn(CC(=O)NC3CCCCCC3)c2cc1C. The Morgan fingerprint density at radius 1 is 1.18 bits per heavy atom. The predicted octanol–water partition coefficient (Wildman–Crippen LogP) is 3.49. The molecule has 1 heterocycles. The highest BCUT2D eigenvalue weighted by atomic mass is 16.2. The van der Waals surface area contributed by atoms with Crippen molar-refractivity contribution in [3.05, 3.63) is 29.6 Å². The molecule has 0 spiro atoms. The number of nitrogens with zero attached hydrogens (tertiary/aromatic N) is 2. The van der Waals surface area contributed by atoms with Gasteiger partial charge in [-0.15, -0.1) is 0 Å². The summed E-state index contributed by atoms with van der Waals surface area (Å²) in [6.07, 6.45) is 9.09. The molecule has 0 radical (unpaired) electrons. The zero-order chi connectivity index (χ0) is 15.5. The van der Waals surface area contributed by atoms with Crippen molar-refractivity contribution >= 4 is 16.9 Å². The number of carbonyl (C=O) groups excluding carboxylic acids is 1. The lowest BCUT2D eigenvalue weighted by molar-refractivity contribution is -0.122. The van der Waals surface area contributed by atoms with E-state index in [4.69, 9.17) is 0 Å². The Morgan fingerprint density at radius 3 is 2.59 bits per heavy atom. The molecule has 22 heavy (non-hydrogen) atoms. The maximum absolute atomic E-state index is 12.3. The van der Waals surface area contributed by atoms with E-state index >= 15 is 0 Å². The van der Waals surface area contributed by atoms with Crippen molar-refractivity contribution in [2.24, 2.45) is 0 Å². The maximum atomic E-state index is 12.3. The minimum Gasteiger partial charge on any atom is -0.352 e. The van der Waals surface area contributed by atoms with Gasteiger partial charge in [0.2, 0.25) is 5.91 Å². The number of imidazole rings is 1. The fraction of sp³-hybridized carbons (Fsp3) is 0.556. The van der Waals surface area contributed by atoms with Crippen LogP contribution in [-0.2, 0) is 11.3 Å². The van der Waals surface area contributed by atoms with E-state index in [1.54, 1.807) is 6.33 Å². The first-order valence-electron chi connectivity index (χ1n) is 8.35. The van der Waals surface area contributed by atoms with E-state index in [-0.39, 0.29) is 5.91 Å². The van der Waals surface area contributed by atoms with Crippen molar-refractivity contribution in [3.63, 3.8) is 0 Å². The number of fused-ring (bicyclic) bond motifs is 1. The summed E-state index contributed by atoms with van der Waals surface area (Å²) in [7, 11) is 0. The lowest BCUT2D eigenvalue weighted by atomic mass is 10.1. The van der Waals surface area contributed by atoms with E-state index in [1.807, 2.05) is 4.57 Å². The average Bonchev–Trinajstić information content (AvgIpc) is 2.71. The van der Waals surface area contributed by atoms with Crippen LogP contribution in [0.25, 0.3) is 11.0 Å². The Hall–Kier alpha value is -1.84. The van der Waals surface area contributed by atoms with Gasteiger partial charge in [-0.05, 0) is 49.9 Å². The van der Waals surface area contributed by atoms with Crippen molar-refractivity contribution in [3.8, 4) is 0 Å². The second-order valence-electron chi connectivity index (χ2n) is 6.55. The summed E-state index contributed by atoms with van der Waals surface area (Å²) < 4.78 is 1.95. The monoisotopic (exact) mass is 299 g/mol. The molecule has 3 rings (SSSR count). The van der Waals surface area contributed by atoms with Gasteiger partial charge < -0.3 is 9.88 Å². The number of rotatable bonds is 3. The van der Waals surface area contributed by atoms with E-state index < -0.39 is 0 Å². The molecule has 1 amide bonds. The van der Waals surface area contributed by atoms with E-state index in [0.717, 1.165) is 23.9 Å². The summed E-state index contributed by atoms with van der Waals surface area (Å²) in [5.41, 5.74) is 4.48. The second-order valence-corrected chi connectivity index (χ2v) is 6.55. The van der Waals surface area contributed by atoms with Crippen LogP contribution in [0.15, 0.2) is 18.5 Å². The summed E-state index contributed by atoms with van der Waals surface area (Å²) >= 11 is 0. The van der Waals surface area contributed by atoms with Gasteiger partial charge in [0.15, 0.2) is 0 Å². The van der Waals surface area contributed by atoms with Crippen LogP contribution in [0.3, 0.4) is 0 Å². The molecular formula is C18H25N3O. The van der Waals surface area contributed by atoms with Crippen molar-refractivity contribution in [1.29, 1.82) is 0 Å². The van der Waals surface area contributed by atoms with Crippen LogP contribution < -0.4 is 5.32 Å². The van der Waals surface area contributed by atoms with Gasteiger partial charge in [-0.2, -0.15) is 0 Å². The zero-order valence-corrected chi connectivity index (χ0v) is 13.6. The van der Waals surface area contributed by atoms with Gasteiger partial charge in [-0.25, -0.2) is 4.98 Å². The molecule has 4 nitrogen and oxygen atoms in total. The summed E-state index contributed by atoms with van der Waals surface area (Å²) in [4.78, 5) is 16.7. The number of benzene rings is 1. The third kappa shape index (κ3) is 3.32. The molecule has 1 aromatic carbocycles. The van der Waals surface area contributed by atoms with E-state index in [2.05, 4.69) is 36.3 Å². The van der Waals surface area contributed by atoms with Gasteiger partial charge >= 0.3 is 0 Å². The fourth-order valence-corrected chi connectivity index (χ4v) is 3.29. The van der Waals surface area contributed by atoms with Gasteiger partial charge in [-0.3, -0.25) is 4.79 Å². The maximum Gasteiger partial charge on any atom is 0.240 e. The highest BCUT2D eigenvalue weighted by Crippen LogP contribution is 2.19. The van der Waals surface area contributed by atoms with Gasteiger partial charge in [0, 0.05) is 6.04 Å². The van der Waals surface area contributed by atoms with Crippen molar-refractivity contribution in [1.82, 2.24) is 14.9 Å². The van der Waals surface area contributed by atoms with E-state index in [1.165, 1.54) is 36.8 Å². The highest BCUT2D eigenvalue weighted by Gasteiger charge is 2.15. The van der Waals surface area contributed by atoms with Crippen LogP contribution in [0.4, 0.5) is 0 Å². The first kappa shape index (κ1) is 15.1. The van der Waals surface area contributed by atoms with Crippen LogP contribution in [-0.4, -0.2) is 21.5 Å². The molecule has 0 saturated heterocycles. The zero-order valence-electron chi connectivity index (χ0n) is 13.6. The third-order valence-electron chi connectivity index (χ3n) is 4.77. The number of carbonyl (C=O) groups is 1. The summed E-state index contributed by atoms with van der Waals surface area (Å²) in [6, 6.07) is 4.56. The standard InChI is InChI=1S/C18H25N3O/c1-13-9-16-17(10-14(13)2)21(12-19-16)11-18(22)20-15-7-5-3-4-6-8-15/h9-10,12,15H,3-8,11H2,1-2H3,(H,20,22). The van der Waals surface area contributed by atoms with Crippen molar-refractivity contribution in [2.75, 3.05) is 0 Å².